The van der Waals surface area contributed by atoms with Gasteiger partial charge in [-0.1, -0.05) is 30.3 Å². The van der Waals surface area contributed by atoms with Gasteiger partial charge in [-0.3, -0.25) is 14.5 Å². The van der Waals surface area contributed by atoms with Crippen LogP contribution >= 0.6 is 0 Å². The minimum absolute atomic E-state index is 0.00415. The van der Waals surface area contributed by atoms with Crippen LogP contribution in [-0.4, -0.2) is 41.6 Å². The van der Waals surface area contributed by atoms with Crippen molar-refractivity contribution in [3.63, 3.8) is 0 Å². The number of aromatic nitrogens is 2. The lowest BCUT2D eigenvalue weighted by molar-refractivity contribution is -0.137. The van der Waals surface area contributed by atoms with E-state index in [0.717, 1.165) is 5.56 Å². The van der Waals surface area contributed by atoms with Gasteiger partial charge in [0, 0.05) is 29.7 Å². The standard InChI is InChI=1S/C24H23N5O4S/c1-16-14-17(2)26-24(25-16)28-34(32,33)20-10-8-19(9-11-20)27-21-15-22(30)29(23(21)31)13-12-18-6-4-3-5-7-18/h3-11,14-15,27H,12-13H2,1-2H3,(H,25,26,28). The fourth-order valence-electron chi connectivity index (χ4n) is 3.52. The summed E-state index contributed by atoms with van der Waals surface area (Å²) in [6.45, 7) is 3.77. The average Bonchev–Trinajstić information content (AvgIpc) is 3.04. The van der Waals surface area contributed by atoms with Gasteiger partial charge >= 0.3 is 0 Å². The summed E-state index contributed by atoms with van der Waals surface area (Å²) in [7, 11) is -3.90. The maximum absolute atomic E-state index is 12.7. The lowest BCUT2D eigenvalue weighted by Gasteiger charge is -2.15. The molecule has 0 unspecified atom stereocenters. The Morgan fingerprint density at radius 2 is 1.56 bits per heavy atom. The van der Waals surface area contributed by atoms with Gasteiger partial charge in [-0.2, -0.15) is 0 Å². The minimum Gasteiger partial charge on any atom is -0.351 e. The molecule has 1 aliphatic heterocycles. The Balaban J connectivity index is 1.40. The molecule has 174 valence electrons. The van der Waals surface area contributed by atoms with Gasteiger partial charge in [-0.15, -0.1) is 0 Å². The Morgan fingerprint density at radius 1 is 0.912 bits per heavy atom. The molecule has 0 aliphatic carbocycles. The van der Waals surface area contributed by atoms with E-state index in [1.807, 2.05) is 30.3 Å². The first kappa shape index (κ1) is 23.1. The normalized spacial score (nSPS) is 13.7. The second-order valence-corrected chi connectivity index (χ2v) is 9.50. The van der Waals surface area contributed by atoms with Crippen molar-refractivity contribution in [2.75, 3.05) is 16.6 Å². The molecular formula is C24H23N5O4S. The predicted octanol–water partition coefficient (Wildman–Crippen LogP) is 2.80. The number of sulfonamides is 1. The monoisotopic (exact) mass is 477 g/mol. The molecule has 0 radical (unpaired) electrons. The van der Waals surface area contributed by atoms with Gasteiger partial charge in [0.05, 0.1) is 4.90 Å². The lowest BCUT2D eigenvalue weighted by Crippen LogP contribution is -2.33. The van der Waals surface area contributed by atoms with Gasteiger partial charge in [0.25, 0.3) is 21.8 Å². The van der Waals surface area contributed by atoms with E-state index >= 15 is 0 Å². The molecular weight excluding hydrogens is 454 g/mol. The van der Waals surface area contributed by atoms with E-state index in [1.165, 1.54) is 35.2 Å². The predicted molar refractivity (Wildman–Crippen MR) is 127 cm³/mol. The number of benzene rings is 2. The van der Waals surface area contributed by atoms with Crippen molar-refractivity contribution in [2.45, 2.75) is 25.2 Å². The second kappa shape index (κ2) is 9.44. The van der Waals surface area contributed by atoms with E-state index < -0.39 is 15.9 Å². The number of hydrogen-bond donors (Lipinski definition) is 2. The summed E-state index contributed by atoms with van der Waals surface area (Å²) in [5, 5.41) is 2.90. The third-order valence-corrected chi connectivity index (χ3v) is 6.47. The molecule has 2 amide bonds. The zero-order valence-electron chi connectivity index (χ0n) is 18.6. The molecule has 4 rings (SSSR count). The smallest absolute Gasteiger partial charge is 0.277 e. The molecule has 9 nitrogen and oxygen atoms in total. The quantitative estimate of drug-likeness (QED) is 0.479. The summed E-state index contributed by atoms with van der Waals surface area (Å²) in [5.41, 5.74) is 2.92. The highest BCUT2D eigenvalue weighted by Gasteiger charge is 2.30. The van der Waals surface area contributed by atoms with Crippen molar-refractivity contribution in [1.82, 2.24) is 14.9 Å². The number of anilines is 2. The Bertz CT molecular complexity index is 1350. The first-order chi connectivity index (χ1) is 16.2. The molecule has 0 atom stereocenters. The van der Waals surface area contributed by atoms with Gasteiger partial charge in [0.1, 0.15) is 5.70 Å². The van der Waals surface area contributed by atoms with E-state index in [2.05, 4.69) is 20.0 Å². The molecule has 10 heteroatoms. The second-order valence-electron chi connectivity index (χ2n) is 7.82. The largest absolute Gasteiger partial charge is 0.351 e. The highest BCUT2D eigenvalue weighted by atomic mass is 32.2. The molecule has 1 aliphatic rings. The maximum atomic E-state index is 12.7. The van der Waals surface area contributed by atoms with Crippen molar-refractivity contribution >= 4 is 33.5 Å². The summed E-state index contributed by atoms with van der Waals surface area (Å²) in [5.74, 6) is -0.818. The Kier molecular flexibility index (Phi) is 6.42. The first-order valence-corrected chi connectivity index (χ1v) is 12.0. The molecule has 0 bridgehead atoms. The van der Waals surface area contributed by atoms with Gasteiger partial charge in [-0.25, -0.2) is 23.1 Å². The topological polar surface area (TPSA) is 121 Å². The van der Waals surface area contributed by atoms with Gasteiger partial charge in [0.2, 0.25) is 5.95 Å². The van der Waals surface area contributed by atoms with E-state index in [1.54, 1.807) is 19.9 Å². The number of amides is 2. The van der Waals surface area contributed by atoms with Crippen LogP contribution in [0.25, 0.3) is 0 Å². The SMILES string of the molecule is Cc1cc(C)nc(NS(=O)(=O)c2ccc(NC3=CC(=O)N(CCc4ccccc4)C3=O)cc2)n1. The summed E-state index contributed by atoms with van der Waals surface area (Å²) in [6.07, 6.45) is 1.81. The van der Waals surface area contributed by atoms with Crippen molar-refractivity contribution in [3.05, 3.63) is 89.4 Å². The van der Waals surface area contributed by atoms with E-state index in [9.17, 15) is 18.0 Å². The number of nitrogens with zero attached hydrogens (tertiary/aromatic N) is 3. The number of carbonyl (C=O) groups is 2. The number of carbonyl (C=O) groups excluding carboxylic acids is 2. The minimum atomic E-state index is -3.90. The van der Waals surface area contributed by atoms with Gasteiger partial charge in [-0.05, 0) is 56.2 Å². The van der Waals surface area contributed by atoms with Gasteiger partial charge in [0.15, 0.2) is 0 Å². The molecule has 2 aromatic carbocycles. The van der Waals surface area contributed by atoms with E-state index in [0.29, 0.717) is 23.5 Å². The molecule has 1 aromatic heterocycles. The number of rotatable bonds is 8. The van der Waals surface area contributed by atoms with Crippen LogP contribution in [0.1, 0.15) is 17.0 Å². The summed E-state index contributed by atoms with van der Waals surface area (Å²) < 4.78 is 27.7. The third kappa shape index (κ3) is 5.29. The van der Waals surface area contributed by atoms with Crippen LogP contribution in [-0.2, 0) is 26.0 Å². The summed E-state index contributed by atoms with van der Waals surface area (Å²) in [4.78, 5) is 34.4. The molecule has 0 spiro atoms. The molecule has 0 saturated carbocycles. The molecule has 0 saturated heterocycles. The first-order valence-electron chi connectivity index (χ1n) is 10.5. The number of nitrogens with one attached hydrogen (secondary N) is 2. The van der Waals surface area contributed by atoms with Crippen molar-refractivity contribution in [1.29, 1.82) is 0 Å². The van der Waals surface area contributed by atoms with Crippen LogP contribution in [0.5, 0.6) is 0 Å². The third-order valence-electron chi connectivity index (χ3n) is 5.13. The number of aryl methyl sites for hydroxylation is 2. The summed E-state index contributed by atoms with van der Waals surface area (Å²) >= 11 is 0. The van der Waals surface area contributed by atoms with Crippen LogP contribution in [0, 0.1) is 13.8 Å². The number of imide groups is 1. The van der Waals surface area contributed by atoms with E-state index in [4.69, 9.17) is 0 Å². The van der Waals surface area contributed by atoms with Crippen LogP contribution in [0.15, 0.2) is 77.3 Å². The molecule has 3 aromatic rings. The lowest BCUT2D eigenvalue weighted by atomic mass is 10.1. The Labute approximate surface area is 197 Å². The van der Waals surface area contributed by atoms with E-state index in [-0.39, 0.29) is 29.0 Å². The molecule has 0 fully saturated rings. The molecule has 2 heterocycles. The Hall–Kier alpha value is -4.05. The zero-order valence-corrected chi connectivity index (χ0v) is 19.5. The highest BCUT2D eigenvalue weighted by Crippen LogP contribution is 2.21. The Morgan fingerprint density at radius 3 is 2.21 bits per heavy atom. The van der Waals surface area contributed by atoms with Gasteiger partial charge < -0.3 is 5.32 Å². The van der Waals surface area contributed by atoms with Crippen LogP contribution in [0.3, 0.4) is 0 Å². The van der Waals surface area contributed by atoms with Crippen LogP contribution in [0.4, 0.5) is 11.6 Å². The molecule has 2 N–H and O–H groups in total. The van der Waals surface area contributed by atoms with Crippen molar-refractivity contribution in [2.24, 2.45) is 0 Å². The summed E-state index contributed by atoms with van der Waals surface area (Å²) in [6, 6.07) is 17.1. The average molecular weight is 478 g/mol. The van der Waals surface area contributed by atoms with Crippen molar-refractivity contribution < 1.29 is 18.0 Å². The van der Waals surface area contributed by atoms with Crippen LogP contribution in [0.2, 0.25) is 0 Å². The molecule has 34 heavy (non-hydrogen) atoms. The fraction of sp³-hybridized carbons (Fsp3) is 0.167. The van der Waals surface area contributed by atoms with Crippen molar-refractivity contribution in [3.8, 4) is 0 Å². The maximum Gasteiger partial charge on any atom is 0.277 e. The fourth-order valence-corrected chi connectivity index (χ4v) is 4.46. The highest BCUT2D eigenvalue weighted by molar-refractivity contribution is 7.92. The zero-order chi connectivity index (χ0) is 24.3. The number of hydrogen-bond acceptors (Lipinski definition) is 7. The van der Waals surface area contributed by atoms with Crippen LogP contribution < -0.4 is 10.0 Å².